The lowest BCUT2D eigenvalue weighted by Gasteiger charge is -2.37. The van der Waals surface area contributed by atoms with Crippen molar-refractivity contribution in [3.05, 3.63) is 70.8 Å². The van der Waals surface area contributed by atoms with E-state index in [9.17, 15) is 4.79 Å². The van der Waals surface area contributed by atoms with Crippen LogP contribution < -0.4 is 4.74 Å². The van der Waals surface area contributed by atoms with Gasteiger partial charge in [0.25, 0.3) is 0 Å². The van der Waals surface area contributed by atoms with Gasteiger partial charge in [0.2, 0.25) is 5.91 Å². The summed E-state index contributed by atoms with van der Waals surface area (Å²) in [6.45, 7) is 2.90. The quantitative estimate of drug-likeness (QED) is 0.643. The molecular weight excluding hydrogens is 380 g/mol. The number of nitrogens with zero attached hydrogens (tertiary/aromatic N) is 2. The van der Waals surface area contributed by atoms with Gasteiger partial charge in [0.15, 0.2) is 5.17 Å². The normalized spacial score (nSPS) is 20.2. The van der Waals surface area contributed by atoms with Gasteiger partial charge in [0, 0.05) is 5.56 Å². The second kappa shape index (κ2) is 7.71. The van der Waals surface area contributed by atoms with Gasteiger partial charge in [-0.2, -0.15) is 0 Å². The Bertz CT molecular complexity index is 1010. The number of rotatable bonds is 5. The number of carbonyl (C=O) groups is 1. The maximum atomic E-state index is 12.7. The van der Waals surface area contributed by atoms with Crippen molar-refractivity contribution in [2.45, 2.75) is 38.6 Å². The van der Waals surface area contributed by atoms with Crippen LogP contribution in [0.15, 0.2) is 59.1 Å². The number of carbonyl (C=O) groups excluding carboxylic acids is 1. The van der Waals surface area contributed by atoms with Crippen LogP contribution >= 0.6 is 11.8 Å². The van der Waals surface area contributed by atoms with Gasteiger partial charge in [-0.05, 0) is 48.1 Å². The maximum absolute atomic E-state index is 12.7. The number of ether oxygens (including phenoxy) is 1. The first-order valence-electron chi connectivity index (χ1n) is 10.3. The van der Waals surface area contributed by atoms with Crippen LogP contribution in [-0.4, -0.2) is 28.3 Å². The van der Waals surface area contributed by atoms with Crippen molar-refractivity contribution in [1.29, 1.82) is 0 Å². The van der Waals surface area contributed by atoms with Crippen molar-refractivity contribution >= 4 is 28.5 Å². The van der Waals surface area contributed by atoms with E-state index in [-0.39, 0.29) is 11.9 Å². The molecule has 0 spiro atoms. The lowest BCUT2D eigenvalue weighted by Crippen LogP contribution is -2.38. The van der Waals surface area contributed by atoms with Crippen molar-refractivity contribution in [2.75, 3.05) is 12.4 Å². The highest BCUT2D eigenvalue weighted by Gasteiger charge is 2.42. The minimum atomic E-state index is -0.0713. The van der Waals surface area contributed by atoms with Crippen molar-refractivity contribution in [3.8, 4) is 5.75 Å². The highest BCUT2D eigenvalue weighted by atomic mass is 32.2. The monoisotopic (exact) mass is 404 g/mol. The molecule has 1 fully saturated rings. The molecule has 2 heterocycles. The lowest BCUT2D eigenvalue weighted by atomic mass is 9.82. The molecule has 3 aliphatic rings. The number of hydrogen-bond donors (Lipinski definition) is 0. The van der Waals surface area contributed by atoms with Crippen LogP contribution in [0.4, 0.5) is 0 Å². The summed E-state index contributed by atoms with van der Waals surface area (Å²) in [7, 11) is 0. The Morgan fingerprint density at radius 1 is 1.14 bits per heavy atom. The van der Waals surface area contributed by atoms with E-state index in [0.717, 1.165) is 54.5 Å². The van der Waals surface area contributed by atoms with Crippen LogP contribution in [-0.2, 0) is 11.2 Å². The summed E-state index contributed by atoms with van der Waals surface area (Å²) < 4.78 is 5.83. The number of unbranched alkanes of at least 4 members (excludes halogenated alkanes) is 1. The number of thioether (sulfide) groups is 1. The molecule has 1 unspecified atom stereocenters. The van der Waals surface area contributed by atoms with E-state index in [2.05, 4.69) is 43.3 Å². The van der Waals surface area contributed by atoms with E-state index in [1.807, 2.05) is 17.0 Å². The second-order valence-electron chi connectivity index (χ2n) is 7.65. The molecule has 2 aromatic rings. The predicted molar refractivity (Wildman–Crippen MR) is 118 cm³/mol. The number of amidine groups is 1. The third-order valence-corrected chi connectivity index (χ3v) is 6.74. The fourth-order valence-electron chi connectivity index (χ4n) is 4.32. The first-order valence-corrected chi connectivity index (χ1v) is 11.3. The summed E-state index contributed by atoms with van der Waals surface area (Å²) >= 11 is 1.55. The van der Waals surface area contributed by atoms with Crippen LogP contribution in [0.5, 0.6) is 5.75 Å². The zero-order valence-electron chi connectivity index (χ0n) is 16.6. The Morgan fingerprint density at radius 3 is 2.79 bits per heavy atom. The molecule has 0 aromatic heterocycles. The molecule has 5 rings (SSSR count). The molecule has 29 heavy (non-hydrogen) atoms. The molecule has 148 valence electrons. The summed E-state index contributed by atoms with van der Waals surface area (Å²) in [4.78, 5) is 19.6. The van der Waals surface area contributed by atoms with Crippen molar-refractivity contribution in [3.63, 3.8) is 0 Å². The molecule has 0 saturated carbocycles. The van der Waals surface area contributed by atoms with Crippen LogP contribution in [0.25, 0.3) is 5.70 Å². The highest BCUT2D eigenvalue weighted by Crippen LogP contribution is 2.47. The average Bonchev–Trinajstić information content (AvgIpc) is 3.13. The Morgan fingerprint density at radius 2 is 1.97 bits per heavy atom. The minimum Gasteiger partial charge on any atom is -0.494 e. The summed E-state index contributed by atoms with van der Waals surface area (Å²) in [5.41, 5.74) is 6.00. The van der Waals surface area contributed by atoms with Gasteiger partial charge < -0.3 is 4.74 Å². The first kappa shape index (κ1) is 18.5. The minimum absolute atomic E-state index is 0.0713. The van der Waals surface area contributed by atoms with Gasteiger partial charge >= 0.3 is 0 Å². The van der Waals surface area contributed by atoms with Crippen molar-refractivity contribution in [2.24, 2.45) is 4.99 Å². The van der Waals surface area contributed by atoms with E-state index < -0.39 is 0 Å². The Kier molecular flexibility index (Phi) is 4.92. The smallest absolute Gasteiger partial charge is 0.239 e. The number of aliphatic imine (C=N–C) groups is 1. The van der Waals surface area contributed by atoms with E-state index >= 15 is 0 Å². The van der Waals surface area contributed by atoms with E-state index in [1.165, 1.54) is 16.7 Å². The molecular formula is C24H24N2O2S. The molecule has 5 heteroatoms. The van der Waals surface area contributed by atoms with Crippen LogP contribution in [0.1, 0.15) is 48.9 Å². The predicted octanol–water partition coefficient (Wildman–Crippen LogP) is 5.21. The molecule has 2 aliphatic heterocycles. The molecule has 0 radical (unpaired) electrons. The van der Waals surface area contributed by atoms with E-state index in [1.54, 1.807) is 11.8 Å². The number of fused-ring (bicyclic) bond motifs is 3. The number of benzene rings is 2. The zero-order chi connectivity index (χ0) is 19.8. The van der Waals surface area contributed by atoms with Gasteiger partial charge in [-0.1, -0.05) is 61.5 Å². The Balaban J connectivity index is 1.55. The number of aryl methyl sites for hydroxylation is 1. The molecule has 0 bridgehead atoms. The summed E-state index contributed by atoms with van der Waals surface area (Å²) in [6.07, 6.45) is 4.09. The first-order chi connectivity index (χ1) is 14.3. The standard InChI is InChI=1S/C24H24N2O2S/c1-2-3-14-28-18-11-8-17(9-12-18)23-20-13-10-16-6-4-5-7-19(16)22(20)25-24-26(23)21(27)15-29-24/h4-9,11-12,23H,2-3,10,13-15H2,1H3. The molecule has 4 nitrogen and oxygen atoms in total. The molecule has 0 N–H and O–H groups in total. The fourth-order valence-corrected chi connectivity index (χ4v) is 5.22. The van der Waals surface area contributed by atoms with Gasteiger partial charge in [0.1, 0.15) is 5.75 Å². The summed E-state index contributed by atoms with van der Waals surface area (Å²) in [5.74, 6) is 1.50. The summed E-state index contributed by atoms with van der Waals surface area (Å²) in [5, 5.41) is 0.832. The van der Waals surface area contributed by atoms with Gasteiger partial charge in [-0.3, -0.25) is 9.69 Å². The largest absolute Gasteiger partial charge is 0.494 e. The lowest BCUT2D eigenvalue weighted by molar-refractivity contribution is -0.125. The van der Waals surface area contributed by atoms with Crippen molar-refractivity contribution in [1.82, 2.24) is 4.90 Å². The molecule has 1 atom stereocenters. The topological polar surface area (TPSA) is 41.9 Å². The van der Waals surface area contributed by atoms with Gasteiger partial charge in [-0.15, -0.1) is 0 Å². The molecule has 2 aromatic carbocycles. The third kappa shape index (κ3) is 3.27. The van der Waals surface area contributed by atoms with Gasteiger partial charge in [0.05, 0.1) is 24.1 Å². The van der Waals surface area contributed by atoms with Crippen LogP contribution in [0, 0.1) is 0 Å². The summed E-state index contributed by atoms with van der Waals surface area (Å²) in [6, 6.07) is 16.7. The maximum Gasteiger partial charge on any atom is 0.239 e. The second-order valence-corrected chi connectivity index (χ2v) is 8.59. The average molecular weight is 405 g/mol. The highest BCUT2D eigenvalue weighted by molar-refractivity contribution is 8.15. The van der Waals surface area contributed by atoms with Crippen molar-refractivity contribution < 1.29 is 9.53 Å². The molecule has 1 saturated heterocycles. The zero-order valence-corrected chi connectivity index (χ0v) is 17.4. The third-order valence-electron chi connectivity index (χ3n) is 5.80. The Labute approximate surface area is 175 Å². The van der Waals surface area contributed by atoms with Crippen LogP contribution in [0.2, 0.25) is 0 Å². The SMILES string of the molecule is CCCCOc1ccc(C2C3=C(N=C4SCC(=O)N42)c2ccccc2CC3)cc1. The molecule has 1 aliphatic carbocycles. The number of amides is 1. The van der Waals surface area contributed by atoms with Crippen LogP contribution in [0.3, 0.4) is 0 Å². The fraction of sp³-hybridized carbons (Fsp3) is 0.333. The Hall–Kier alpha value is -2.53. The van der Waals surface area contributed by atoms with E-state index in [0.29, 0.717) is 5.75 Å². The molecule has 1 amide bonds. The van der Waals surface area contributed by atoms with Gasteiger partial charge in [-0.25, -0.2) is 4.99 Å². The number of hydrogen-bond acceptors (Lipinski definition) is 4. The van der Waals surface area contributed by atoms with E-state index in [4.69, 9.17) is 9.73 Å².